The molecule has 0 aliphatic heterocycles. The molecule has 6 nitrogen and oxygen atoms in total. The Kier molecular flexibility index (Phi) is 63.5. The van der Waals surface area contributed by atoms with Crippen LogP contribution in [0.4, 0.5) is 0 Å². The molecule has 0 aromatic rings. The zero-order valence-electron chi connectivity index (χ0n) is 51.0. The molecular formula is C70H131NO5. The maximum absolute atomic E-state index is 12.5. The summed E-state index contributed by atoms with van der Waals surface area (Å²) >= 11 is 0. The van der Waals surface area contributed by atoms with Crippen LogP contribution in [0.1, 0.15) is 361 Å². The Morgan fingerprint density at radius 3 is 1.05 bits per heavy atom. The highest BCUT2D eigenvalue weighted by molar-refractivity contribution is 5.76. The molecule has 0 spiro atoms. The molecule has 1 amide bonds. The molecule has 2 unspecified atom stereocenters. The van der Waals surface area contributed by atoms with Gasteiger partial charge in [0.1, 0.15) is 0 Å². The molecule has 0 fully saturated rings. The smallest absolute Gasteiger partial charge is 0.305 e. The van der Waals surface area contributed by atoms with E-state index in [-0.39, 0.29) is 18.5 Å². The largest absolute Gasteiger partial charge is 0.466 e. The van der Waals surface area contributed by atoms with E-state index in [9.17, 15) is 19.8 Å². The van der Waals surface area contributed by atoms with E-state index in [0.29, 0.717) is 19.4 Å². The Labute approximate surface area is 474 Å². The summed E-state index contributed by atoms with van der Waals surface area (Å²) in [5, 5.41) is 23.3. The SMILES string of the molecule is CCCC/C=C\C/C=C\CCCCCCCC(=O)OCCCCCCCCCCCC/C=C\CCCCCCCCCC(=O)NC(CO)C(O)/C=C/CCCCCCCCCCCCCCCCCCCCCCCC. The average molecular weight is 1070 g/mol. The molecule has 0 aromatic carbocycles. The number of unbranched alkanes of at least 4 members (excludes halogenated alkanes) is 46. The molecule has 0 heterocycles. The number of rotatable bonds is 63. The van der Waals surface area contributed by atoms with E-state index in [1.807, 2.05) is 6.08 Å². The van der Waals surface area contributed by atoms with Gasteiger partial charge in [0.2, 0.25) is 5.91 Å². The number of aliphatic hydroxyl groups is 2. The second kappa shape index (κ2) is 65.3. The lowest BCUT2D eigenvalue weighted by Crippen LogP contribution is -2.45. The number of carbonyl (C=O) groups is 2. The van der Waals surface area contributed by atoms with Crippen molar-refractivity contribution in [2.45, 2.75) is 373 Å². The minimum Gasteiger partial charge on any atom is -0.466 e. The Morgan fingerprint density at radius 1 is 0.368 bits per heavy atom. The second-order valence-electron chi connectivity index (χ2n) is 23.1. The van der Waals surface area contributed by atoms with E-state index in [2.05, 4.69) is 55.6 Å². The fraction of sp³-hybridized carbons (Fsp3) is 0.857. The molecule has 0 rings (SSSR count). The predicted molar refractivity (Wildman–Crippen MR) is 333 cm³/mol. The summed E-state index contributed by atoms with van der Waals surface area (Å²) in [5.41, 5.74) is 0. The topological polar surface area (TPSA) is 95.9 Å². The van der Waals surface area contributed by atoms with E-state index in [0.717, 1.165) is 57.8 Å². The van der Waals surface area contributed by atoms with Crippen LogP contribution in [0.5, 0.6) is 0 Å². The molecule has 446 valence electrons. The summed E-state index contributed by atoms with van der Waals surface area (Å²) in [6, 6.07) is -0.636. The third-order valence-electron chi connectivity index (χ3n) is 15.6. The first kappa shape index (κ1) is 73.8. The molecular weight excluding hydrogens is 935 g/mol. The number of ether oxygens (including phenoxy) is 1. The van der Waals surface area contributed by atoms with Crippen molar-refractivity contribution in [2.24, 2.45) is 0 Å². The summed E-state index contributed by atoms with van der Waals surface area (Å²) in [6.07, 6.45) is 84.5. The van der Waals surface area contributed by atoms with Crippen LogP contribution in [0.25, 0.3) is 0 Å². The number of carbonyl (C=O) groups excluding carboxylic acids is 2. The highest BCUT2D eigenvalue weighted by Gasteiger charge is 2.18. The first-order valence-corrected chi connectivity index (χ1v) is 33.9. The number of hydrogen-bond donors (Lipinski definition) is 3. The van der Waals surface area contributed by atoms with Crippen molar-refractivity contribution in [1.82, 2.24) is 5.32 Å². The van der Waals surface area contributed by atoms with Crippen LogP contribution in [0.15, 0.2) is 48.6 Å². The van der Waals surface area contributed by atoms with Crippen LogP contribution < -0.4 is 5.32 Å². The van der Waals surface area contributed by atoms with Gasteiger partial charge in [0.15, 0.2) is 0 Å². The second-order valence-corrected chi connectivity index (χ2v) is 23.1. The minimum atomic E-state index is -0.852. The van der Waals surface area contributed by atoms with Gasteiger partial charge in [-0.15, -0.1) is 0 Å². The van der Waals surface area contributed by atoms with Gasteiger partial charge in [-0.3, -0.25) is 9.59 Å². The summed E-state index contributed by atoms with van der Waals surface area (Å²) < 4.78 is 5.47. The van der Waals surface area contributed by atoms with Gasteiger partial charge in [0.05, 0.1) is 25.4 Å². The van der Waals surface area contributed by atoms with Crippen LogP contribution >= 0.6 is 0 Å². The number of allylic oxidation sites excluding steroid dienone is 7. The van der Waals surface area contributed by atoms with Crippen LogP contribution in [0.3, 0.4) is 0 Å². The average Bonchev–Trinajstić information content (AvgIpc) is 3.42. The van der Waals surface area contributed by atoms with Crippen molar-refractivity contribution < 1.29 is 24.5 Å². The van der Waals surface area contributed by atoms with Crippen LogP contribution in [-0.4, -0.2) is 47.4 Å². The number of aliphatic hydroxyl groups excluding tert-OH is 2. The Bertz CT molecular complexity index is 1270. The van der Waals surface area contributed by atoms with Gasteiger partial charge >= 0.3 is 5.97 Å². The van der Waals surface area contributed by atoms with Gasteiger partial charge in [-0.2, -0.15) is 0 Å². The standard InChI is InChI=1S/C70H131NO5/c1-3-5-7-9-11-13-15-17-19-20-21-22-23-24-26-29-32-35-38-42-46-50-54-58-62-68(73)67(66-72)71-69(74)63-59-55-51-47-43-39-36-33-30-27-25-28-31-34-37-41-45-49-53-57-61-65-76-70(75)64-60-56-52-48-44-40-18-16-14-12-10-8-6-4-2/h10,12,16,18,27,30,58,62,67-68,72-73H,3-9,11,13-15,17,19-26,28-29,31-57,59-61,63-66H2,1-2H3,(H,71,74)/b12-10-,18-16-,30-27-,62-58+. The van der Waals surface area contributed by atoms with E-state index in [4.69, 9.17) is 4.74 Å². The highest BCUT2D eigenvalue weighted by atomic mass is 16.5. The fourth-order valence-electron chi connectivity index (χ4n) is 10.4. The van der Waals surface area contributed by atoms with E-state index in [1.165, 1.54) is 276 Å². The monoisotopic (exact) mass is 1070 g/mol. The Hall–Kier alpha value is -2.18. The lowest BCUT2D eigenvalue weighted by molar-refractivity contribution is -0.143. The Morgan fingerprint density at radius 2 is 0.671 bits per heavy atom. The minimum absolute atomic E-state index is 0.00692. The maximum Gasteiger partial charge on any atom is 0.305 e. The molecule has 3 N–H and O–H groups in total. The third-order valence-corrected chi connectivity index (χ3v) is 15.6. The zero-order valence-corrected chi connectivity index (χ0v) is 51.0. The maximum atomic E-state index is 12.5. The van der Waals surface area contributed by atoms with Crippen molar-refractivity contribution in [3.05, 3.63) is 48.6 Å². The summed E-state index contributed by atoms with van der Waals surface area (Å²) in [7, 11) is 0. The Balaban J connectivity index is 3.46. The van der Waals surface area contributed by atoms with Crippen molar-refractivity contribution in [2.75, 3.05) is 13.2 Å². The predicted octanol–water partition coefficient (Wildman–Crippen LogP) is 21.7. The molecule has 0 aliphatic rings. The number of esters is 1. The molecule has 0 bridgehead atoms. The van der Waals surface area contributed by atoms with Gasteiger partial charge in [0, 0.05) is 12.8 Å². The molecule has 2 atom stereocenters. The first-order chi connectivity index (χ1) is 37.5. The fourth-order valence-corrected chi connectivity index (χ4v) is 10.4. The van der Waals surface area contributed by atoms with Crippen LogP contribution in [0.2, 0.25) is 0 Å². The van der Waals surface area contributed by atoms with Crippen LogP contribution in [-0.2, 0) is 14.3 Å². The van der Waals surface area contributed by atoms with Gasteiger partial charge < -0.3 is 20.3 Å². The van der Waals surface area contributed by atoms with Crippen molar-refractivity contribution in [3.63, 3.8) is 0 Å². The lowest BCUT2D eigenvalue weighted by atomic mass is 10.0. The summed E-state index contributed by atoms with van der Waals surface area (Å²) in [6.45, 7) is 4.87. The summed E-state index contributed by atoms with van der Waals surface area (Å²) in [4.78, 5) is 24.6. The van der Waals surface area contributed by atoms with Gasteiger partial charge in [0.25, 0.3) is 0 Å². The van der Waals surface area contributed by atoms with Gasteiger partial charge in [-0.1, -0.05) is 313 Å². The lowest BCUT2D eigenvalue weighted by Gasteiger charge is -2.20. The quantitative estimate of drug-likeness (QED) is 0.0320. The molecule has 6 heteroatoms. The molecule has 0 aromatic heterocycles. The van der Waals surface area contributed by atoms with Crippen LogP contribution in [0, 0.1) is 0 Å². The van der Waals surface area contributed by atoms with E-state index < -0.39 is 12.1 Å². The third kappa shape index (κ3) is 61.0. The van der Waals surface area contributed by atoms with E-state index >= 15 is 0 Å². The normalized spacial score (nSPS) is 12.8. The highest BCUT2D eigenvalue weighted by Crippen LogP contribution is 2.18. The van der Waals surface area contributed by atoms with Gasteiger partial charge in [-0.25, -0.2) is 0 Å². The van der Waals surface area contributed by atoms with Crippen molar-refractivity contribution in [1.29, 1.82) is 0 Å². The first-order valence-electron chi connectivity index (χ1n) is 33.9. The van der Waals surface area contributed by atoms with Crippen molar-refractivity contribution >= 4 is 11.9 Å². The molecule has 0 saturated carbocycles. The molecule has 0 saturated heterocycles. The zero-order chi connectivity index (χ0) is 55.0. The summed E-state index contributed by atoms with van der Waals surface area (Å²) in [5.74, 6) is -0.0800. The number of hydrogen-bond acceptors (Lipinski definition) is 5. The van der Waals surface area contributed by atoms with Gasteiger partial charge in [-0.05, 0) is 83.5 Å². The molecule has 0 radical (unpaired) electrons. The van der Waals surface area contributed by atoms with E-state index in [1.54, 1.807) is 6.08 Å². The number of amides is 1. The van der Waals surface area contributed by atoms with Crippen molar-refractivity contribution in [3.8, 4) is 0 Å². The molecule has 76 heavy (non-hydrogen) atoms. The number of nitrogens with one attached hydrogen (secondary N) is 1. The molecule has 0 aliphatic carbocycles.